The molecule has 14 heavy (non-hydrogen) atoms. The molecule has 0 aliphatic carbocycles. The van der Waals surface area contributed by atoms with E-state index >= 15 is 0 Å². The van der Waals surface area contributed by atoms with Crippen LogP contribution in [0.1, 0.15) is 18.1 Å². The molecule has 1 aromatic rings. The number of aryl methyl sites for hydroxylation is 1. The molecule has 1 rings (SSSR count). The first-order chi connectivity index (χ1) is 6.72. The van der Waals surface area contributed by atoms with E-state index in [-0.39, 0.29) is 0 Å². The third-order valence-corrected chi connectivity index (χ3v) is 2.34. The van der Waals surface area contributed by atoms with Crippen molar-refractivity contribution in [3.63, 3.8) is 0 Å². The normalized spacial score (nSPS) is 12.8. The Hall–Kier alpha value is -0.860. The summed E-state index contributed by atoms with van der Waals surface area (Å²) in [5.74, 6) is 0. The molecule has 0 fully saturated rings. The van der Waals surface area contributed by atoms with Crippen LogP contribution in [-0.2, 0) is 6.42 Å². The molecule has 0 aliphatic rings. The van der Waals surface area contributed by atoms with Gasteiger partial charge in [-0.15, -0.1) is 0 Å². The van der Waals surface area contributed by atoms with Crippen molar-refractivity contribution in [2.24, 2.45) is 5.73 Å². The number of benzene rings is 1. The number of nitrogens with one attached hydrogen (secondary N) is 1. The molecule has 0 bridgehead atoms. The van der Waals surface area contributed by atoms with Crippen molar-refractivity contribution in [1.29, 1.82) is 0 Å². The lowest BCUT2D eigenvalue weighted by Gasteiger charge is -2.10. The minimum Gasteiger partial charge on any atom is -0.329 e. The second-order valence-electron chi connectivity index (χ2n) is 3.83. The second-order valence-corrected chi connectivity index (χ2v) is 3.83. The van der Waals surface area contributed by atoms with Gasteiger partial charge in [0.25, 0.3) is 0 Å². The maximum Gasteiger partial charge on any atom is 0.0162 e. The summed E-state index contributed by atoms with van der Waals surface area (Å²) in [5, 5.41) is 3.38. The molecule has 1 atom stereocenters. The highest BCUT2D eigenvalue weighted by molar-refractivity contribution is 5.22. The fraction of sp³-hybridized carbons (Fsp3) is 0.500. The molecular weight excluding hydrogens is 172 g/mol. The summed E-state index contributed by atoms with van der Waals surface area (Å²) in [7, 11) is 0. The summed E-state index contributed by atoms with van der Waals surface area (Å²) in [5.41, 5.74) is 8.23. The first-order valence-electron chi connectivity index (χ1n) is 5.21. The molecule has 2 heteroatoms. The van der Waals surface area contributed by atoms with Crippen LogP contribution in [0, 0.1) is 6.92 Å². The summed E-state index contributed by atoms with van der Waals surface area (Å²) in [6.07, 6.45) is 1.08. The molecule has 1 unspecified atom stereocenters. The Morgan fingerprint density at radius 3 is 2.86 bits per heavy atom. The molecular formula is C12H20N2. The van der Waals surface area contributed by atoms with Crippen LogP contribution < -0.4 is 11.1 Å². The van der Waals surface area contributed by atoms with Crippen molar-refractivity contribution >= 4 is 0 Å². The van der Waals surface area contributed by atoms with Crippen molar-refractivity contribution in [2.75, 3.05) is 13.1 Å². The fourth-order valence-corrected chi connectivity index (χ4v) is 1.41. The first kappa shape index (κ1) is 11.2. The van der Waals surface area contributed by atoms with Crippen molar-refractivity contribution in [3.05, 3.63) is 35.4 Å². The zero-order valence-corrected chi connectivity index (χ0v) is 9.09. The van der Waals surface area contributed by atoms with Gasteiger partial charge in [-0.05, 0) is 32.4 Å². The average Bonchev–Trinajstić information content (AvgIpc) is 2.17. The molecule has 0 amide bonds. The van der Waals surface area contributed by atoms with Crippen molar-refractivity contribution in [2.45, 2.75) is 26.3 Å². The average molecular weight is 192 g/mol. The predicted molar refractivity (Wildman–Crippen MR) is 61.4 cm³/mol. The smallest absolute Gasteiger partial charge is 0.0162 e. The van der Waals surface area contributed by atoms with E-state index in [1.807, 2.05) is 0 Å². The minimum atomic E-state index is 0.416. The van der Waals surface area contributed by atoms with Gasteiger partial charge < -0.3 is 11.1 Å². The monoisotopic (exact) mass is 192 g/mol. The van der Waals surface area contributed by atoms with Crippen molar-refractivity contribution in [3.8, 4) is 0 Å². The second kappa shape index (κ2) is 5.78. The van der Waals surface area contributed by atoms with E-state index in [0.717, 1.165) is 13.0 Å². The number of hydrogen-bond donors (Lipinski definition) is 2. The van der Waals surface area contributed by atoms with Crippen LogP contribution in [0.3, 0.4) is 0 Å². The molecule has 2 nitrogen and oxygen atoms in total. The van der Waals surface area contributed by atoms with Gasteiger partial charge >= 0.3 is 0 Å². The summed E-state index contributed by atoms with van der Waals surface area (Å²) < 4.78 is 0. The van der Waals surface area contributed by atoms with Crippen LogP contribution >= 0.6 is 0 Å². The Bertz CT molecular complexity index is 271. The van der Waals surface area contributed by atoms with E-state index in [0.29, 0.717) is 12.6 Å². The Balaban J connectivity index is 2.31. The van der Waals surface area contributed by atoms with Gasteiger partial charge in [0.05, 0.1) is 0 Å². The summed E-state index contributed by atoms with van der Waals surface area (Å²) >= 11 is 0. The van der Waals surface area contributed by atoms with Gasteiger partial charge in [-0.3, -0.25) is 0 Å². The quantitative estimate of drug-likeness (QED) is 0.741. The maximum atomic E-state index is 5.51. The highest BCUT2D eigenvalue weighted by Gasteiger charge is 1.97. The number of hydrogen-bond acceptors (Lipinski definition) is 2. The molecule has 0 spiro atoms. The molecule has 0 aliphatic heterocycles. The van der Waals surface area contributed by atoms with Gasteiger partial charge in [-0.1, -0.05) is 29.8 Å². The van der Waals surface area contributed by atoms with E-state index in [1.165, 1.54) is 11.1 Å². The topological polar surface area (TPSA) is 38.0 Å². The third kappa shape index (κ3) is 3.90. The molecule has 1 aromatic carbocycles. The number of nitrogens with two attached hydrogens (primary N) is 1. The van der Waals surface area contributed by atoms with E-state index in [9.17, 15) is 0 Å². The lowest BCUT2D eigenvalue weighted by atomic mass is 10.1. The van der Waals surface area contributed by atoms with Gasteiger partial charge in [0.1, 0.15) is 0 Å². The Kier molecular flexibility index (Phi) is 4.63. The SMILES string of the molecule is Cc1cccc(CCNC(C)CN)c1. The van der Waals surface area contributed by atoms with E-state index in [2.05, 4.69) is 43.4 Å². The van der Waals surface area contributed by atoms with Crippen molar-refractivity contribution < 1.29 is 0 Å². The van der Waals surface area contributed by atoms with Crippen LogP contribution in [0.2, 0.25) is 0 Å². The molecule has 0 saturated heterocycles. The highest BCUT2D eigenvalue weighted by atomic mass is 14.9. The fourth-order valence-electron chi connectivity index (χ4n) is 1.41. The van der Waals surface area contributed by atoms with Crippen molar-refractivity contribution in [1.82, 2.24) is 5.32 Å². The van der Waals surface area contributed by atoms with Gasteiger partial charge in [0.15, 0.2) is 0 Å². The molecule has 0 saturated carbocycles. The molecule has 0 aromatic heterocycles. The van der Waals surface area contributed by atoms with Crippen LogP contribution in [-0.4, -0.2) is 19.1 Å². The van der Waals surface area contributed by atoms with E-state index in [1.54, 1.807) is 0 Å². The molecule has 0 heterocycles. The van der Waals surface area contributed by atoms with Crippen LogP contribution in [0.4, 0.5) is 0 Å². The van der Waals surface area contributed by atoms with Gasteiger partial charge in [0, 0.05) is 12.6 Å². The Morgan fingerprint density at radius 2 is 2.21 bits per heavy atom. The summed E-state index contributed by atoms with van der Waals surface area (Å²) in [6, 6.07) is 9.05. The lowest BCUT2D eigenvalue weighted by Crippen LogP contribution is -2.34. The predicted octanol–water partition coefficient (Wildman–Crippen LogP) is 1.47. The van der Waals surface area contributed by atoms with Gasteiger partial charge in [0.2, 0.25) is 0 Å². The molecule has 3 N–H and O–H groups in total. The summed E-state index contributed by atoms with van der Waals surface area (Å²) in [6.45, 7) is 5.94. The van der Waals surface area contributed by atoms with E-state index < -0.39 is 0 Å². The third-order valence-electron chi connectivity index (χ3n) is 2.34. The highest BCUT2D eigenvalue weighted by Crippen LogP contribution is 2.03. The van der Waals surface area contributed by atoms with Gasteiger partial charge in [-0.25, -0.2) is 0 Å². The van der Waals surface area contributed by atoms with Gasteiger partial charge in [-0.2, -0.15) is 0 Å². The number of rotatable bonds is 5. The molecule has 0 radical (unpaired) electrons. The Labute approximate surface area is 86.5 Å². The van der Waals surface area contributed by atoms with Crippen LogP contribution in [0.25, 0.3) is 0 Å². The standard InChI is InChI=1S/C12H20N2/c1-10-4-3-5-12(8-10)6-7-14-11(2)9-13/h3-5,8,11,14H,6-7,9,13H2,1-2H3. The largest absolute Gasteiger partial charge is 0.329 e. The van der Waals surface area contributed by atoms with Crippen LogP contribution in [0.15, 0.2) is 24.3 Å². The van der Waals surface area contributed by atoms with E-state index in [4.69, 9.17) is 5.73 Å². The minimum absolute atomic E-state index is 0.416. The zero-order valence-electron chi connectivity index (χ0n) is 9.09. The summed E-state index contributed by atoms with van der Waals surface area (Å²) in [4.78, 5) is 0. The maximum absolute atomic E-state index is 5.51. The first-order valence-corrected chi connectivity index (χ1v) is 5.21. The molecule has 78 valence electrons. The lowest BCUT2D eigenvalue weighted by molar-refractivity contribution is 0.559. The van der Waals surface area contributed by atoms with Crippen LogP contribution in [0.5, 0.6) is 0 Å². The zero-order chi connectivity index (χ0) is 10.4. The Morgan fingerprint density at radius 1 is 1.43 bits per heavy atom.